The standard InChI is InChI=1S/C52H46N4/c1-33-29-47(55(39-17-9-35(31-53)10-18-39)41-21-13-37(14-22-41)51(3,4)5)45-28-26-44-34(2)30-48(46-27-25-43(33)49(45)50(44)46)56(40-19-11-36(32-54)12-20-40)42-23-15-38(16-24-42)52(6,7)8/h9-30H,1-8H3. The predicted octanol–water partition coefficient (Wildman–Crippen LogP) is 14.5. The highest BCUT2D eigenvalue weighted by Gasteiger charge is 2.25. The molecule has 0 aliphatic rings. The summed E-state index contributed by atoms with van der Waals surface area (Å²) in [7, 11) is 0. The van der Waals surface area contributed by atoms with Crippen LogP contribution in [0.1, 0.15) is 74.9 Å². The monoisotopic (exact) mass is 726 g/mol. The van der Waals surface area contributed by atoms with Gasteiger partial charge in [0.25, 0.3) is 0 Å². The van der Waals surface area contributed by atoms with Crippen LogP contribution >= 0.6 is 0 Å². The van der Waals surface area contributed by atoms with E-state index in [4.69, 9.17) is 0 Å². The summed E-state index contributed by atoms with van der Waals surface area (Å²) in [5, 5.41) is 26.5. The fraction of sp³-hybridized carbons (Fsp3) is 0.192. The second kappa shape index (κ2) is 13.6. The number of hydrogen-bond donors (Lipinski definition) is 0. The number of benzene rings is 8. The molecule has 4 nitrogen and oxygen atoms in total. The molecule has 0 bridgehead atoms. The molecule has 0 radical (unpaired) electrons. The van der Waals surface area contributed by atoms with Gasteiger partial charge < -0.3 is 9.80 Å². The summed E-state index contributed by atoms with van der Waals surface area (Å²) in [6.45, 7) is 17.9. The van der Waals surface area contributed by atoms with Crippen LogP contribution in [0.15, 0.2) is 133 Å². The molecule has 0 aromatic heterocycles. The molecule has 8 rings (SSSR count). The van der Waals surface area contributed by atoms with Crippen molar-refractivity contribution in [3.63, 3.8) is 0 Å². The van der Waals surface area contributed by atoms with Crippen LogP contribution in [-0.2, 0) is 10.8 Å². The minimum Gasteiger partial charge on any atom is -0.310 e. The first-order valence-electron chi connectivity index (χ1n) is 19.3. The molecule has 0 saturated carbocycles. The molecule has 0 aliphatic heterocycles. The van der Waals surface area contributed by atoms with Gasteiger partial charge in [-0.25, -0.2) is 0 Å². The van der Waals surface area contributed by atoms with Crippen molar-refractivity contribution < 1.29 is 0 Å². The second-order valence-corrected chi connectivity index (χ2v) is 17.1. The highest BCUT2D eigenvalue weighted by atomic mass is 15.1. The van der Waals surface area contributed by atoms with E-state index in [1.807, 2.05) is 48.5 Å². The highest BCUT2D eigenvalue weighted by molar-refractivity contribution is 6.29. The molecule has 0 saturated heterocycles. The summed E-state index contributed by atoms with van der Waals surface area (Å²) in [6.07, 6.45) is 0. The summed E-state index contributed by atoms with van der Waals surface area (Å²) >= 11 is 0. The van der Waals surface area contributed by atoms with Gasteiger partial charge in [-0.05, 0) is 153 Å². The molecule has 0 N–H and O–H groups in total. The molecule has 0 unspecified atom stereocenters. The Morgan fingerprint density at radius 3 is 0.964 bits per heavy atom. The third kappa shape index (κ3) is 6.28. The number of aryl methyl sites for hydroxylation is 2. The molecule has 8 aromatic carbocycles. The van der Waals surface area contributed by atoms with Crippen molar-refractivity contribution in [1.29, 1.82) is 10.5 Å². The Morgan fingerprint density at radius 1 is 0.393 bits per heavy atom. The van der Waals surface area contributed by atoms with Gasteiger partial charge in [0.1, 0.15) is 0 Å². The number of rotatable bonds is 6. The third-order valence-corrected chi connectivity index (χ3v) is 11.2. The molecule has 0 aliphatic carbocycles. The average molecular weight is 727 g/mol. The van der Waals surface area contributed by atoms with Gasteiger partial charge in [0.15, 0.2) is 0 Å². The van der Waals surface area contributed by atoms with Gasteiger partial charge in [-0.2, -0.15) is 10.5 Å². The van der Waals surface area contributed by atoms with E-state index in [9.17, 15) is 10.5 Å². The Labute approximate surface area is 330 Å². The molecular formula is C52H46N4. The van der Waals surface area contributed by atoms with Gasteiger partial charge in [0.05, 0.1) is 34.6 Å². The minimum atomic E-state index is 0.0250. The molecule has 56 heavy (non-hydrogen) atoms. The first-order chi connectivity index (χ1) is 26.8. The zero-order valence-corrected chi connectivity index (χ0v) is 33.5. The second-order valence-electron chi connectivity index (χ2n) is 17.1. The summed E-state index contributed by atoms with van der Waals surface area (Å²) in [5.41, 5.74) is 12.5. The predicted molar refractivity (Wildman–Crippen MR) is 236 cm³/mol. The van der Waals surface area contributed by atoms with Crippen molar-refractivity contribution in [1.82, 2.24) is 0 Å². The lowest BCUT2D eigenvalue weighted by Crippen LogP contribution is -2.14. The third-order valence-electron chi connectivity index (χ3n) is 11.2. The molecule has 0 heterocycles. The van der Waals surface area contributed by atoms with Crippen molar-refractivity contribution in [3.05, 3.63) is 167 Å². The van der Waals surface area contributed by atoms with Crippen molar-refractivity contribution in [3.8, 4) is 12.1 Å². The summed E-state index contributed by atoms with van der Waals surface area (Å²) in [6, 6.07) is 51.9. The van der Waals surface area contributed by atoms with Gasteiger partial charge in [-0.3, -0.25) is 0 Å². The van der Waals surface area contributed by atoms with E-state index in [2.05, 4.69) is 162 Å². The van der Waals surface area contributed by atoms with Crippen LogP contribution in [0.3, 0.4) is 0 Å². The van der Waals surface area contributed by atoms with Crippen molar-refractivity contribution in [2.45, 2.75) is 66.2 Å². The van der Waals surface area contributed by atoms with Crippen LogP contribution < -0.4 is 9.80 Å². The van der Waals surface area contributed by atoms with Gasteiger partial charge >= 0.3 is 0 Å². The first kappa shape index (κ1) is 36.4. The maximum atomic E-state index is 9.66. The Bertz CT molecular complexity index is 2620. The summed E-state index contributed by atoms with van der Waals surface area (Å²) < 4.78 is 0. The van der Waals surface area contributed by atoms with E-state index in [1.165, 1.54) is 43.8 Å². The van der Waals surface area contributed by atoms with Crippen LogP contribution in [-0.4, -0.2) is 0 Å². The van der Waals surface area contributed by atoms with Crippen LogP contribution in [0, 0.1) is 36.5 Å². The summed E-state index contributed by atoms with van der Waals surface area (Å²) in [5.74, 6) is 0. The number of hydrogen-bond acceptors (Lipinski definition) is 4. The van der Waals surface area contributed by atoms with E-state index in [-0.39, 0.29) is 10.8 Å². The van der Waals surface area contributed by atoms with Crippen molar-refractivity contribution >= 4 is 66.4 Å². The Hall–Kier alpha value is -6.62. The van der Waals surface area contributed by atoms with Crippen LogP contribution in [0.2, 0.25) is 0 Å². The average Bonchev–Trinajstić information content (AvgIpc) is 3.19. The van der Waals surface area contributed by atoms with E-state index in [0.29, 0.717) is 11.1 Å². The number of anilines is 6. The Kier molecular flexibility index (Phi) is 8.83. The zero-order chi connectivity index (χ0) is 39.5. The SMILES string of the molecule is Cc1cc(N(c2ccc(C#N)cc2)c2ccc(C(C)(C)C)cc2)c2ccc3c(C)cc(N(c4ccc(C#N)cc4)c4ccc(C(C)(C)C)cc4)c4ccc1c2c34. The van der Waals surface area contributed by atoms with Crippen LogP contribution in [0.4, 0.5) is 34.1 Å². The van der Waals surface area contributed by atoms with E-state index in [0.717, 1.165) is 44.9 Å². The smallest absolute Gasteiger partial charge is 0.0991 e. The van der Waals surface area contributed by atoms with Gasteiger partial charge in [-0.15, -0.1) is 0 Å². The largest absolute Gasteiger partial charge is 0.310 e. The van der Waals surface area contributed by atoms with Gasteiger partial charge in [0, 0.05) is 33.5 Å². The molecular weight excluding hydrogens is 681 g/mol. The lowest BCUT2D eigenvalue weighted by atomic mass is 9.86. The minimum absolute atomic E-state index is 0.0250. The zero-order valence-electron chi connectivity index (χ0n) is 33.5. The molecule has 0 amide bonds. The van der Waals surface area contributed by atoms with Crippen LogP contribution in [0.5, 0.6) is 0 Å². The normalized spacial score (nSPS) is 11.9. The molecule has 0 spiro atoms. The fourth-order valence-corrected chi connectivity index (χ4v) is 8.12. The quantitative estimate of drug-likeness (QED) is 0.160. The Morgan fingerprint density at radius 2 is 0.679 bits per heavy atom. The molecule has 0 fully saturated rings. The maximum Gasteiger partial charge on any atom is 0.0991 e. The maximum absolute atomic E-state index is 9.66. The molecule has 8 aromatic rings. The number of nitrogens with zero attached hydrogens (tertiary/aromatic N) is 4. The molecule has 4 heteroatoms. The topological polar surface area (TPSA) is 54.1 Å². The van der Waals surface area contributed by atoms with Gasteiger partial charge in [0.2, 0.25) is 0 Å². The number of nitriles is 2. The lowest BCUT2D eigenvalue weighted by Gasteiger charge is -2.31. The van der Waals surface area contributed by atoms with E-state index >= 15 is 0 Å². The van der Waals surface area contributed by atoms with Crippen LogP contribution in [0.25, 0.3) is 32.3 Å². The fourth-order valence-electron chi connectivity index (χ4n) is 8.12. The molecule has 274 valence electrons. The molecule has 0 atom stereocenters. The van der Waals surface area contributed by atoms with E-state index in [1.54, 1.807) is 0 Å². The Balaban J connectivity index is 1.41. The first-order valence-corrected chi connectivity index (χ1v) is 19.3. The highest BCUT2D eigenvalue weighted by Crippen LogP contribution is 2.49. The summed E-state index contributed by atoms with van der Waals surface area (Å²) in [4.78, 5) is 4.67. The lowest BCUT2D eigenvalue weighted by molar-refractivity contribution is 0.590. The van der Waals surface area contributed by atoms with Gasteiger partial charge in [-0.1, -0.05) is 90.1 Å². The van der Waals surface area contributed by atoms with Crippen molar-refractivity contribution in [2.24, 2.45) is 0 Å². The van der Waals surface area contributed by atoms with Crippen molar-refractivity contribution in [2.75, 3.05) is 9.80 Å². The van der Waals surface area contributed by atoms with E-state index < -0.39 is 0 Å².